The van der Waals surface area contributed by atoms with E-state index >= 15 is 0 Å². The molecule has 0 fully saturated rings. The molecule has 1 N–H and O–H groups in total. The molecule has 114 valence electrons. The summed E-state index contributed by atoms with van der Waals surface area (Å²) >= 11 is 0. The molecule has 0 amide bonds. The average molecular weight is 287 g/mol. The predicted molar refractivity (Wildman–Crippen MR) is 84.1 cm³/mol. The van der Waals surface area contributed by atoms with E-state index in [1.54, 1.807) is 0 Å². The quantitative estimate of drug-likeness (QED) is 0.849. The van der Waals surface area contributed by atoms with Crippen molar-refractivity contribution in [3.05, 3.63) is 41.0 Å². The fraction of sp³-hybridized carbons (Fsp3) is 0.562. The van der Waals surface area contributed by atoms with E-state index in [0.717, 1.165) is 37.2 Å². The summed E-state index contributed by atoms with van der Waals surface area (Å²) in [6.07, 6.45) is 6.99. The first kappa shape index (κ1) is 15.6. The van der Waals surface area contributed by atoms with Gasteiger partial charge >= 0.3 is 0 Å². The third kappa shape index (κ3) is 4.11. The molecule has 21 heavy (non-hydrogen) atoms. The molecule has 0 saturated carbocycles. The topological polar surface area (TPSA) is 55.6 Å². The molecule has 2 heterocycles. The molecule has 2 rings (SSSR count). The summed E-state index contributed by atoms with van der Waals surface area (Å²) in [5.74, 6) is 0. The van der Waals surface area contributed by atoms with Crippen molar-refractivity contribution in [3.63, 3.8) is 0 Å². The minimum absolute atomic E-state index is 0.319. The number of nitrogens with zero attached hydrogens (tertiary/aromatic N) is 4. The van der Waals surface area contributed by atoms with Crippen molar-refractivity contribution in [1.82, 2.24) is 25.3 Å². The minimum Gasteiger partial charge on any atom is -0.310 e. The zero-order valence-electron chi connectivity index (χ0n) is 13.4. The van der Waals surface area contributed by atoms with Gasteiger partial charge in [0.05, 0.1) is 17.6 Å². The summed E-state index contributed by atoms with van der Waals surface area (Å²) in [4.78, 5) is 0. The number of hydrogen-bond donors (Lipinski definition) is 1. The Bertz CT molecular complexity index is 576. The lowest BCUT2D eigenvalue weighted by molar-refractivity contribution is 0.507. The van der Waals surface area contributed by atoms with Crippen LogP contribution in [0.3, 0.4) is 0 Å². The van der Waals surface area contributed by atoms with Crippen LogP contribution in [-0.4, -0.2) is 26.5 Å². The number of nitrogens with one attached hydrogen (secondary N) is 1. The fourth-order valence-electron chi connectivity index (χ4n) is 2.64. The van der Waals surface area contributed by atoms with Crippen molar-refractivity contribution in [3.8, 4) is 0 Å². The zero-order chi connectivity index (χ0) is 15.2. The van der Waals surface area contributed by atoms with Gasteiger partial charge in [0.2, 0.25) is 0 Å². The second-order valence-electron chi connectivity index (χ2n) is 5.41. The highest BCUT2D eigenvalue weighted by Crippen LogP contribution is 2.22. The summed E-state index contributed by atoms with van der Waals surface area (Å²) in [5.41, 5.74) is 4.64. The number of hydrogen-bond acceptors (Lipinski definition) is 4. The first-order valence-corrected chi connectivity index (χ1v) is 7.68. The van der Waals surface area contributed by atoms with E-state index in [1.165, 1.54) is 11.1 Å². The smallest absolute Gasteiger partial charge is 0.0676 e. The van der Waals surface area contributed by atoms with Crippen LogP contribution < -0.4 is 5.32 Å². The molecule has 5 heteroatoms. The molecule has 0 spiro atoms. The molecule has 0 radical (unpaired) electrons. The van der Waals surface area contributed by atoms with Gasteiger partial charge in [0.1, 0.15) is 0 Å². The van der Waals surface area contributed by atoms with Gasteiger partial charge in [-0.3, -0.25) is 4.68 Å². The van der Waals surface area contributed by atoms with E-state index in [-0.39, 0.29) is 0 Å². The van der Waals surface area contributed by atoms with Crippen molar-refractivity contribution in [2.75, 3.05) is 6.54 Å². The standard InChI is InChI=1S/C16H25N5/c1-5-15-14(9-12(3)19-20-15)16(17-6-2)8-7-13-10-18-21(4)11-13/h9-11,16-17H,5-8H2,1-4H3. The summed E-state index contributed by atoms with van der Waals surface area (Å²) in [7, 11) is 1.95. The lowest BCUT2D eigenvalue weighted by atomic mass is 9.97. The molecule has 1 unspecified atom stereocenters. The Morgan fingerprint density at radius 1 is 1.29 bits per heavy atom. The molecule has 2 aromatic heterocycles. The van der Waals surface area contributed by atoms with Crippen LogP contribution in [0.5, 0.6) is 0 Å². The van der Waals surface area contributed by atoms with Gasteiger partial charge in [-0.1, -0.05) is 13.8 Å². The van der Waals surface area contributed by atoms with E-state index in [1.807, 2.05) is 24.9 Å². The van der Waals surface area contributed by atoms with Crippen LogP contribution in [0, 0.1) is 6.92 Å². The molecule has 0 aliphatic carbocycles. The third-order valence-corrected chi connectivity index (χ3v) is 3.67. The van der Waals surface area contributed by atoms with Crippen LogP contribution in [0.25, 0.3) is 0 Å². The van der Waals surface area contributed by atoms with Crippen LogP contribution in [-0.2, 0) is 19.9 Å². The maximum absolute atomic E-state index is 4.35. The summed E-state index contributed by atoms with van der Waals surface area (Å²) in [6, 6.07) is 2.49. The van der Waals surface area contributed by atoms with Gasteiger partial charge in [-0.2, -0.15) is 15.3 Å². The van der Waals surface area contributed by atoms with E-state index in [9.17, 15) is 0 Å². The molecular weight excluding hydrogens is 262 g/mol. The van der Waals surface area contributed by atoms with Gasteiger partial charge in [0.25, 0.3) is 0 Å². The molecule has 1 atom stereocenters. The van der Waals surface area contributed by atoms with Gasteiger partial charge in [0, 0.05) is 19.3 Å². The monoisotopic (exact) mass is 287 g/mol. The van der Waals surface area contributed by atoms with E-state index in [0.29, 0.717) is 6.04 Å². The van der Waals surface area contributed by atoms with Crippen LogP contribution in [0.2, 0.25) is 0 Å². The third-order valence-electron chi connectivity index (χ3n) is 3.67. The molecular formula is C16H25N5. The molecule has 0 aliphatic heterocycles. The Morgan fingerprint density at radius 2 is 2.10 bits per heavy atom. The van der Waals surface area contributed by atoms with Crippen molar-refractivity contribution < 1.29 is 0 Å². The fourth-order valence-corrected chi connectivity index (χ4v) is 2.64. The predicted octanol–water partition coefficient (Wildman–Crippen LogP) is 2.36. The highest BCUT2D eigenvalue weighted by molar-refractivity contribution is 5.25. The Balaban J connectivity index is 2.16. The summed E-state index contributed by atoms with van der Waals surface area (Å²) < 4.78 is 1.85. The first-order valence-electron chi connectivity index (χ1n) is 7.68. The highest BCUT2D eigenvalue weighted by Gasteiger charge is 2.16. The van der Waals surface area contributed by atoms with E-state index in [4.69, 9.17) is 0 Å². The Morgan fingerprint density at radius 3 is 2.71 bits per heavy atom. The van der Waals surface area contributed by atoms with E-state index in [2.05, 4.69) is 46.7 Å². The number of aryl methyl sites for hydroxylation is 4. The van der Waals surface area contributed by atoms with Crippen molar-refractivity contribution in [1.29, 1.82) is 0 Å². The molecule has 5 nitrogen and oxygen atoms in total. The summed E-state index contributed by atoms with van der Waals surface area (Å²) in [6.45, 7) is 7.22. The Labute approximate surface area is 126 Å². The lowest BCUT2D eigenvalue weighted by Gasteiger charge is -2.20. The Kier molecular flexibility index (Phi) is 5.44. The van der Waals surface area contributed by atoms with Gasteiger partial charge in [0.15, 0.2) is 0 Å². The number of rotatable bonds is 7. The molecule has 0 saturated heterocycles. The van der Waals surface area contributed by atoms with Gasteiger partial charge in [-0.25, -0.2) is 0 Å². The van der Waals surface area contributed by atoms with Crippen LogP contribution >= 0.6 is 0 Å². The minimum atomic E-state index is 0.319. The van der Waals surface area contributed by atoms with Crippen molar-refractivity contribution >= 4 is 0 Å². The van der Waals surface area contributed by atoms with Gasteiger partial charge in [-0.15, -0.1) is 0 Å². The normalized spacial score (nSPS) is 12.6. The van der Waals surface area contributed by atoms with Crippen molar-refractivity contribution in [2.45, 2.75) is 46.1 Å². The highest BCUT2D eigenvalue weighted by atomic mass is 15.2. The largest absolute Gasteiger partial charge is 0.310 e. The molecule has 0 aliphatic rings. The first-order chi connectivity index (χ1) is 10.1. The van der Waals surface area contributed by atoms with Gasteiger partial charge in [-0.05, 0) is 49.9 Å². The lowest BCUT2D eigenvalue weighted by Crippen LogP contribution is -2.23. The van der Waals surface area contributed by atoms with Gasteiger partial charge < -0.3 is 5.32 Å². The molecule has 2 aromatic rings. The van der Waals surface area contributed by atoms with Crippen LogP contribution in [0.15, 0.2) is 18.5 Å². The second-order valence-corrected chi connectivity index (χ2v) is 5.41. The average Bonchev–Trinajstić information content (AvgIpc) is 2.89. The second kappa shape index (κ2) is 7.31. The van der Waals surface area contributed by atoms with Crippen LogP contribution in [0.4, 0.5) is 0 Å². The van der Waals surface area contributed by atoms with Crippen LogP contribution in [0.1, 0.15) is 48.8 Å². The maximum Gasteiger partial charge on any atom is 0.0676 e. The van der Waals surface area contributed by atoms with E-state index < -0.39 is 0 Å². The van der Waals surface area contributed by atoms with Crippen molar-refractivity contribution in [2.24, 2.45) is 7.05 Å². The number of aromatic nitrogens is 4. The molecule has 0 aromatic carbocycles. The Hall–Kier alpha value is -1.75. The summed E-state index contributed by atoms with van der Waals surface area (Å²) in [5, 5.41) is 16.4. The SMILES string of the molecule is CCNC(CCc1cnn(C)c1)c1cc(C)nnc1CC. The zero-order valence-corrected chi connectivity index (χ0v) is 13.4. The maximum atomic E-state index is 4.35. The molecule has 0 bridgehead atoms.